The first-order valence-corrected chi connectivity index (χ1v) is 5.19. The summed E-state index contributed by atoms with van der Waals surface area (Å²) in [5, 5.41) is 19.6. The minimum Gasteiger partial charge on any atom is -0.390 e. The van der Waals surface area contributed by atoms with Crippen LogP contribution in [0.2, 0.25) is 10.2 Å². The molecule has 6 heteroatoms. The highest BCUT2D eigenvalue weighted by Gasteiger charge is 2.18. The van der Waals surface area contributed by atoms with Gasteiger partial charge in [-0.1, -0.05) is 23.2 Å². The van der Waals surface area contributed by atoms with Crippen LogP contribution < -0.4 is 5.73 Å². The molecule has 0 aliphatic rings. The summed E-state index contributed by atoms with van der Waals surface area (Å²) in [4.78, 5) is 3.77. The fourth-order valence-corrected chi connectivity index (χ4v) is 1.43. The average Bonchev–Trinajstić information content (AvgIpc) is 2.21. The van der Waals surface area contributed by atoms with Crippen LogP contribution in [0, 0.1) is 0 Å². The number of nitrogens with two attached hydrogens (primary N) is 1. The van der Waals surface area contributed by atoms with Crippen LogP contribution in [0.4, 0.5) is 0 Å². The van der Waals surface area contributed by atoms with E-state index in [2.05, 4.69) is 4.98 Å². The van der Waals surface area contributed by atoms with Gasteiger partial charge in [0.15, 0.2) is 0 Å². The number of aromatic nitrogens is 1. The highest BCUT2D eigenvalue weighted by Crippen LogP contribution is 2.25. The molecule has 0 saturated carbocycles. The number of rotatable bonds is 4. The van der Waals surface area contributed by atoms with Crippen molar-refractivity contribution in [2.75, 3.05) is 6.54 Å². The zero-order chi connectivity index (χ0) is 11.4. The molecule has 0 aliphatic carbocycles. The molecule has 1 heterocycles. The molecule has 4 N–H and O–H groups in total. The number of hydrogen-bond acceptors (Lipinski definition) is 4. The summed E-state index contributed by atoms with van der Waals surface area (Å²) < 4.78 is 0. The maximum absolute atomic E-state index is 9.69. The number of hydrogen-bond donors (Lipinski definition) is 3. The van der Waals surface area contributed by atoms with E-state index in [0.29, 0.717) is 18.5 Å². The van der Waals surface area contributed by atoms with Crippen molar-refractivity contribution in [1.29, 1.82) is 0 Å². The Hall–Kier alpha value is -0.390. The normalized spacial score (nSPS) is 15.0. The van der Waals surface area contributed by atoms with Crippen LogP contribution >= 0.6 is 23.2 Å². The Labute approximate surface area is 97.6 Å². The molecule has 15 heavy (non-hydrogen) atoms. The largest absolute Gasteiger partial charge is 0.390 e. The molecule has 4 nitrogen and oxygen atoms in total. The molecular weight excluding hydrogens is 239 g/mol. The van der Waals surface area contributed by atoms with E-state index in [0.717, 1.165) is 0 Å². The Morgan fingerprint density at radius 3 is 2.60 bits per heavy atom. The molecule has 84 valence electrons. The Kier molecular flexibility index (Phi) is 4.76. The lowest BCUT2D eigenvalue weighted by Crippen LogP contribution is -2.21. The molecule has 0 amide bonds. The maximum Gasteiger partial charge on any atom is 0.147 e. The molecule has 0 bridgehead atoms. The van der Waals surface area contributed by atoms with Crippen LogP contribution in [0.15, 0.2) is 12.3 Å². The highest BCUT2D eigenvalue weighted by molar-refractivity contribution is 6.41. The molecule has 2 unspecified atom stereocenters. The maximum atomic E-state index is 9.69. The van der Waals surface area contributed by atoms with Crippen LogP contribution in [0.25, 0.3) is 0 Å². The Bertz CT molecular complexity index is 336. The quantitative estimate of drug-likeness (QED) is 0.701. The third-order valence-corrected chi connectivity index (χ3v) is 2.67. The summed E-state index contributed by atoms with van der Waals surface area (Å²) in [7, 11) is 0. The van der Waals surface area contributed by atoms with Crippen LogP contribution in [0.3, 0.4) is 0 Å². The zero-order valence-electron chi connectivity index (χ0n) is 7.90. The fourth-order valence-electron chi connectivity index (χ4n) is 1.15. The van der Waals surface area contributed by atoms with Gasteiger partial charge >= 0.3 is 0 Å². The lowest BCUT2D eigenvalue weighted by atomic mass is 10.0. The standard InChI is InChI=1S/C9H12Cl2N2O2/c10-6-3-5(4-13-9(6)11)8(15)7(14)1-2-12/h3-4,7-8,14-15H,1-2,12H2. The molecule has 0 saturated heterocycles. The van der Waals surface area contributed by atoms with Crippen molar-refractivity contribution in [3.8, 4) is 0 Å². The van der Waals surface area contributed by atoms with Crippen molar-refractivity contribution in [3.05, 3.63) is 28.0 Å². The molecule has 0 spiro atoms. The smallest absolute Gasteiger partial charge is 0.147 e. The van der Waals surface area contributed by atoms with Gasteiger partial charge in [0.25, 0.3) is 0 Å². The zero-order valence-corrected chi connectivity index (χ0v) is 9.41. The van der Waals surface area contributed by atoms with E-state index in [1.54, 1.807) is 0 Å². The molecule has 0 radical (unpaired) electrons. The van der Waals surface area contributed by atoms with Crippen molar-refractivity contribution in [3.63, 3.8) is 0 Å². The summed E-state index contributed by atoms with van der Waals surface area (Å²) in [5.41, 5.74) is 5.69. The van der Waals surface area contributed by atoms with E-state index in [9.17, 15) is 10.2 Å². The van der Waals surface area contributed by atoms with Gasteiger partial charge in [0, 0.05) is 11.8 Å². The molecule has 1 aromatic heterocycles. The molecule has 0 aliphatic heterocycles. The van der Waals surface area contributed by atoms with E-state index in [-0.39, 0.29) is 10.2 Å². The first kappa shape index (κ1) is 12.7. The van der Waals surface area contributed by atoms with Gasteiger partial charge in [-0.3, -0.25) is 0 Å². The average molecular weight is 251 g/mol. The summed E-state index contributed by atoms with van der Waals surface area (Å²) in [6.07, 6.45) is -0.287. The van der Waals surface area contributed by atoms with E-state index >= 15 is 0 Å². The van der Waals surface area contributed by atoms with Crippen molar-refractivity contribution in [2.45, 2.75) is 18.6 Å². The molecular formula is C9H12Cl2N2O2. The van der Waals surface area contributed by atoms with Gasteiger partial charge in [0.05, 0.1) is 11.1 Å². The molecule has 0 aromatic carbocycles. The fraction of sp³-hybridized carbons (Fsp3) is 0.444. The highest BCUT2D eigenvalue weighted by atomic mass is 35.5. The molecule has 1 aromatic rings. The lowest BCUT2D eigenvalue weighted by Gasteiger charge is -2.17. The Morgan fingerprint density at radius 1 is 1.40 bits per heavy atom. The SMILES string of the molecule is NCCC(O)C(O)c1cnc(Cl)c(Cl)c1. The topological polar surface area (TPSA) is 79.4 Å². The number of aliphatic hydroxyl groups is 2. The van der Waals surface area contributed by atoms with Crippen molar-refractivity contribution < 1.29 is 10.2 Å². The van der Waals surface area contributed by atoms with Crippen LogP contribution in [0.1, 0.15) is 18.1 Å². The summed E-state index contributed by atoms with van der Waals surface area (Å²) in [5.74, 6) is 0. The number of halogens is 2. The van der Waals surface area contributed by atoms with E-state index in [1.165, 1.54) is 12.3 Å². The van der Waals surface area contributed by atoms with Crippen LogP contribution in [-0.4, -0.2) is 27.8 Å². The van der Waals surface area contributed by atoms with Gasteiger partial charge in [-0.2, -0.15) is 0 Å². The van der Waals surface area contributed by atoms with E-state index in [1.807, 2.05) is 0 Å². The number of aliphatic hydroxyl groups excluding tert-OH is 2. The summed E-state index contributed by atoms with van der Waals surface area (Å²) in [6, 6.07) is 1.47. The minimum absolute atomic E-state index is 0.168. The van der Waals surface area contributed by atoms with Crippen LogP contribution in [0.5, 0.6) is 0 Å². The molecule has 1 rings (SSSR count). The van der Waals surface area contributed by atoms with E-state index < -0.39 is 12.2 Å². The van der Waals surface area contributed by atoms with Gasteiger partial charge in [-0.25, -0.2) is 4.98 Å². The molecule has 2 atom stereocenters. The third kappa shape index (κ3) is 3.29. The molecule has 0 fully saturated rings. The number of nitrogens with zero attached hydrogens (tertiary/aromatic N) is 1. The second-order valence-corrected chi connectivity index (χ2v) is 3.90. The lowest BCUT2D eigenvalue weighted by molar-refractivity contribution is 0.0148. The third-order valence-electron chi connectivity index (χ3n) is 1.99. The monoisotopic (exact) mass is 250 g/mol. The van der Waals surface area contributed by atoms with Gasteiger partial charge in [-0.05, 0) is 19.0 Å². The van der Waals surface area contributed by atoms with Crippen molar-refractivity contribution >= 4 is 23.2 Å². The Balaban J connectivity index is 2.81. The van der Waals surface area contributed by atoms with Crippen LogP contribution in [-0.2, 0) is 0 Å². The predicted octanol–water partition coefficient (Wildman–Crippen LogP) is 1.13. The summed E-state index contributed by atoms with van der Waals surface area (Å²) in [6.45, 7) is 0.299. The van der Waals surface area contributed by atoms with Gasteiger partial charge in [0.2, 0.25) is 0 Å². The first-order chi connectivity index (χ1) is 7.06. The first-order valence-electron chi connectivity index (χ1n) is 4.43. The van der Waals surface area contributed by atoms with Crippen molar-refractivity contribution in [1.82, 2.24) is 4.98 Å². The second-order valence-electron chi connectivity index (χ2n) is 3.13. The second kappa shape index (κ2) is 5.63. The predicted molar refractivity (Wildman–Crippen MR) is 58.9 cm³/mol. The van der Waals surface area contributed by atoms with Gasteiger partial charge < -0.3 is 15.9 Å². The minimum atomic E-state index is -1.05. The number of pyridine rings is 1. The van der Waals surface area contributed by atoms with Crippen molar-refractivity contribution in [2.24, 2.45) is 5.73 Å². The summed E-state index contributed by atoms with van der Waals surface area (Å²) >= 11 is 11.3. The van der Waals surface area contributed by atoms with Gasteiger partial charge in [0.1, 0.15) is 11.3 Å². The van der Waals surface area contributed by atoms with Gasteiger partial charge in [-0.15, -0.1) is 0 Å². The Morgan fingerprint density at radius 2 is 2.07 bits per heavy atom. The van der Waals surface area contributed by atoms with E-state index in [4.69, 9.17) is 28.9 Å².